The van der Waals surface area contributed by atoms with Gasteiger partial charge in [-0.1, -0.05) is 75.2 Å². The summed E-state index contributed by atoms with van der Waals surface area (Å²) in [5.74, 6) is -2.03. The Morgan fingerprint density at radius 1 is 1.08 bits per heavy atom. The summed E-state index contributed by atoms with van der Waals surface area (Å²) in [6.07, 6.45) is -0.114. The average Bonchev–Trinajstić information content (AvgIpc) is 2.79. The molecule has 0 saturated carbocycles. The third-order valence-electron chi connectivity index (χ3n) is 7.58. The van der Waals surface area contributed by atoms with Crippen LogP contribution in [-0.2, 0) is 19.4 Å². The van der Waals surface area contributed by atoms with Crippen LogP contribution in [0.5, 0.6) is 0 Å². The normalized spacial score (nSPS) is 23.5. The zero-order valence-corrected chi connectivity index (χ0v) is 25.1. The van der Waals surface area contributed by atoms with Crippen molar-refractivity contribution in [1.29, 1.82) is 0 Å². The highest BCUT2D eigenvalue weighted by atomic mass is 35.5. The number of benzene rings is 2. The van der Waals surface area contributed by atoms with Crippen LogP contribution in [0.1, 0.15) is 77.5 Å². The summed E-state index contributed by atoms with van der Waals surface area (Å²) in [6, 6.07) is 13.3. The highest BCUT2D eigenvalue weighted by Crippen LogP contribution is 2.53. The number of rotatable bonds is 8. The lowest BCUT2D eigenvalue weighted by Gasteiger charge is -2.54. The monoisotopic (exact) mass is 581 g/mol. The fourth-order valence-corrected chi connectivity index (χ4v) is 7.19. The molecule has 0 bridgehead atoms. The van der Waals surface area contributed by atoms with E-state index in [1.165, 1.54) is 0 Å². The molecule has 1 amide bonds. The Morgan fingerprint density at radius 2 is 1.68 bits per heavy atom. The molecule has 3 rings (SSSR count). The lowest BCUT2D eigenvalue weighted by Crippen LogP contribution is -2.60. The van der Waals surface area contributed by atoms with E-state index in [1.54, 1.807) is 43.9 Å². The molecule has 2 aromatic carbocycles. The molecule has 0 unspecified atom stereocenters. The number of carbonyl (C=O) groups is 2. The van der Waals surface area contributed by atoms with Crippen LogP contribution in [0.2, 0.25) is 10.0 Å². The number of nitrogens with zero attached hydrogens (tertiary/aromatic N) is 1. The summed E-state index contributed by atoms with van der Waals surface area (Å²) in [5.41, 5.74) is -0.248. The van der Waals surface area contributed by atoms with Crippen LogP contribution >= 0.6 is 23.2 Å². The SMILES string of the molecule is CC(C)S(=O)(=O)C[C@@H](N1C(=O)[C@](C)(CC(=O)O)C[C@H](c2cccc(Cl)c2)[C@H]1c1ccc(Cl)cc1)C(C)(C)C. The number of aliphatic carboxylic acids is 1. The number of carboxylic acids is 1. The lowest BCUT2D eigenvalue weighted by atomic mass is 9.66. The first kappa shape index (κ1) is 30.5. The quantitative estimate of drug-likeness (QED) is 0.371. The van der Waals surface area contributed by atoms with Gasteiger partial charge in [0, 0.05) is 16.0 Å². The molecule has 1 aliphatic heterocycles. The Kier molecular flexibility index (Phi) is 8.96. The number of amides is 1. The van der Waals surface area contributed by atoms with Gasteiger partial charge in [0.1, 0.15) is 0 Å². The van der Waals surface area contributed by atoms with Gasteiger partial charge in [-0.3, -0.25) is 9.59 Å². The van der Waals surface area contributed by atoms with E-state index in [-0.39, 0.29) is 30.4 Å². The molecule has 1 saturated heterocycles. The number of hydrogen-bond acceptors (Lipinski definition) is 4. The standard InChI is InChI=1S/C29H37Cl2NO5S/c1-18(2)38(36,37)17-24(28(3,4)5)32-26(19-10-12-21(30)13-11-19)23(20-8-7-9-22(31)14-20)15-29(6,27(32)35)16-25(33)34/h7-14,18,23-24,26H,15-17H2,1-6H3,(H,33,34)/t23-,24-,26-,29+/m1/s1. The van der Waals surface area contributed by atoms with Crippen molar-refractivity contribution in [3.63, 3.8) is 0 Å². The van der Waals surface area contributed by atoms with E-state index in [0.29, 0.717) is 10.0 Å². The molecule has 38 heavy (non-hydrogen) atoms. The van der Waals surface area contributed by atoms with E-state index in [9.17, 15) is 23.1 Å². The van der Waals surface area contributed by atoms with Gasteiger partial charge >= 0.3 is 5.97 Å². The second-order valence-electron chi connectivity index (χ2n) is 12.0. The van der Waals surface area contributed by atoms with Crippen LogP contribution in [0.4, 0.5) is 0 Å². The van der Waals surface area contributed by atoms with Crippen molar-refractivity contribution in [2.75, 3.05) is 5.75 Å². The van der Waals surface area contributed by atoms with Gasteiger partial charge in [0.05, 0.1) is 34.9 Å². The first-order valence-electron chi connectivity index (χ1n) is 12.7. The Hall–Kier alpha value is -2.09. The van der Waals surface area contributed by atoms with Gasteiger partial charge in [-0.05, 0) is 61.1 Å². The summed E-state index contributed by atoms with van der Waals surface area (Å²) in [4.78, 5) is 28.1. The molecular weight excluding hydrogens is 545 g/mol. The van der Waals surface area contributed by atoms with Crippen LogP contribution in [0.15, 0.2) is 48.5 Å². The lowest BCUT2D eigenvalue weighted by molar-refractivity contribution is -0.162. The van der Waals surface area contributed by atoms with Gasteiger partial charge in [0.2, 0.25) is 5.91 Å². The van der Waals surface area contributed by atoms with Crippen molar-refractivity contribution in [2.24, 2.45) is 10.8 Å². The fourth-order valence-electron chi connectivity index (χ4n) is 5.38. The summed E-state index contributed by atoms with van der Waals surface area (Å²) >= 11 is 12.6. The van der Waals surface area contributed by atoms with E-state index >= 15 is 0 Å². The zero-order valence-electron chi connectivity index (χ0n) is 22.7. The van der Waals surface area contributed by atoms with Crippen LogP contribution < -0.4 is 0 Å². The minimum Gasteiger partial charge on any atom is -0.481 e. The molecule has 1 heterocycles. The molecule has 0 aliphatic carbocycles. The predicted octanol–water partition coefficient (Wildman–Crippen LogP) is 6.77. The first-order valence-corrected chi connectivity index (χ1v) is 15.2. The second kappa shape index (κ2) is 11.2. The minimum atomic E-state index is -3.57. The number of carboxylic acid groups (broad SMARTS) is 1. The second-order valence-corrected chi connectivity index (χ2v) is 15.4. The van der Waals surface area contributed by atoms with Crippen LogP contribution in [-0.4, -0.2) is 47.3 Å². The molecular formula is C29H37Cl2NO5S. The topological polar surface area (TPSA) is 91.8 Å². The zero-order chi connectivity index (χ0) is 28.6. The largest absolute Gasteiger partial charge is 0.481 e. The number of sulfone groups is 1. The molecule has 0 spiro atoms. The van der Waals surface area contributed by atoms with Gasteiger partial charge in [0.15, 0.2) is 9.84 Å². The number of hydrogen-bond donors (Lipinski definition) is 1. The van der Waals surface area contributed by atoms with Gasteiger partial charge < -0.3 is 10.0 Å². The summed E-state index contributed by atoms with van der Waals surface area (Å²) in [6.45, 7) is 10.7. The van der Waals surface area contributed by atoms with Gasteiger partial charge in [0.25, 0.3) is 0 Å². The Labute approximate surface area is 236 Å². The Morgan fingerprint density at radius 3 is 2.18 bits per heavy atom. The van der Waals surface area contributed by atoms with E-state index in [1.807, 2.05) is 51.1 Å². The first-order chi connectivity index (χ1) is 17.5. The molecule has 1 N–H and O–H groups in total. The maximum absolute atomic E-state index is 14.4. The maximum Gasteiger partial charge on any atom is 0.304 e. The van der Waals surface area contributed by atoms with Gasteiger partial charge in [-0.15, -0.1) is 0 Å². The van der Waals surface area contributed by atoms with Crippen molar-refractivity contribution in [3.05, 3.63) is 69.7 Å². The summed E-state index contributed by atoms with van der Waals surface area (Å²) < 4.78 is 26.6. The third kappa shape index (κ3) is 6.54. The molecule has 2 aromatic rings. The van der Waals surface area contributed by atoms with Crippen molar-refractivity contribution >= 4 is 44.9 Å². The molecule has 0 aromatic heterocycles. The predicted molar refractivity (Wildman–Crippen MR) is 152 cm³/mol. The number of piperidine rings is 1. The summed E-state index contributed by atoms with van der Waals surface area (Å²) in [7, 11) is -3.57. The molecule has 6 nitrogen and oxygen atoms in total. The molecule has 1 aliphatic rings. The molecule has 9 heteroatoms. The Balaban J connectivity index is 2.35. The number of halogens is 2. The van der Waals surface area contributed by atoms with E-state index < -0.39 is 44.0 Å². The van der Waals surface area contributed by atoms with Crippen LogP contribution in [0.3, 0.4) is 0 Å². The number of likely N-dealkylation sites (tertiary alicyclic amines) is 1. The van der Waals surface area contributed by atoms with E-state index in [0.717, 1.165) is 11.1 Å². The molecule has 1 fully saturated rings. The number of carbonyl (C=O) groups excluding carboxylic acids is 1. The maximum atomic E-state index is 14.4. The average molecular weight is 583 g/mol. The van der Waals surface area contributed by atoms with Crippen molar-refractivity contribution in [3.8, 4) is 0 Å². The minimum absolute atomic E-state index is 0.241. The van der Waals surface area contributed by atoms with Crippen LogP contribution in [0.25, 0.3) is 0 Å². The van der Waals surface area contributed by atoms with E-state index in [2.05, 4.69) is 0 Å². The smallest absolute Gasteiger partial charge is 0.304 e. The Bertz CT molecular complexity index is 1290. The van der Waals surface area contributed by atoms with Crippen molar-refractivity contribution < 1.29 is 23.1 Å². The molecule has 0 radical (unpaired) electrons. The van der Waals surface area contributed by atoms with Crippen molar-refractivity contribution in [2.45, 2.75) is 77.6 Å². The molecule has 208 valence electrons. The highest BCUT2D eigenvalue weighted by molar-refractivity contribution is 7.92. The highest BCUT2D eigenvalue weighted by Gasteiger charge is 2.54. The molecule has 4 atom stereocenters. The fraction of sp³-hybridized carbons (Fsp3) is 0.517. The van der Waals surface area contributed by atoms with E-state index in [4.69, 9.17) is 23.2 Å². The van der Waals surface area contributed by atoms with Crippen molar-refractivity contribution in [1.82, 2.24) is 4.90 Å². The summed E-state index contributed by atoms with van der Waals surface area (Å²) in [5, 5.41) is 10.2. The third-order valence-corrected chi connectivity index (χ3v) is 10.3. The van der Waals surface area contributed by atoms with Gasteiger partial charge in [-0.25, -0.2) is 8.42 Å². The van der Waals surface area contributed by atoms with Crippen LogP contribution in [0, 0.1) is 10.8 Å². The van der Waals surface area contributed by atoms with Gasteiger partial charge in [-0.2, -0.15) is 0 Å².